The predicted octanol–water partition coefficient (Wildman–Crippen LogP) is 2.19. The topological polar surface area (TPSA) is 72.2 Å². The summed E-state index contributed by atoms with van der Waals surface area (Å²) in [5.41, 5.74) is 8.43. The molecule has 1 rings (SSSR count). The average Bonchev–Trinajstić information content (AvgIpc) is 2.21. The quantitative estimate of drug-likeness (QED) is 0.644. The number of hydrogen-bond acceptors (Lipinski definition) is 4. The zero-order chi connectivity index (χ0) is 13.1. The van der Waals surface area contributed by atoms with Gasteiger partial charge in [-0.1, -0.05) is 15.9 Å². The van der Waals surface area contributed by atoms with Crippen molar-refractivity contribution in [2.45, 2.75) is 13.3 Å². The van der Waals surface area contributed by atoms with Crippen LogP contribution in [0.5, 0.6) is 0 Å². The molecule has 0 heterocycles. The Balaban J connectivity index is 2.61. The van der Waals surface area contributed by atoms with Crippen molar-refractivity contribution in [1.29, 1.82) is 0 Å². The van der Waals surface area contributed by atoms with Gasteiger partial charge in [-0.25, -0.2) is 8.42 Å². The van der Waals surface area contributed by atoms with E-state index in [1.165, 1.54) is 6.26 Å². The zero-order valence-corrected chi connectivity index (χ0v) is 12.4. The standard InChI is InChI=1S/C11H17BrN2O2S/c1-8-9(12)4-5-10(13)11(8)14-6-3-7-17(2,15)16/h4-5,14H,3,6-7,13H2,1-2H3. The predicted molar refractivity (Wildman–Crippen MR) is 76.1 cm³/mol. The summed E-state index contributed by atoms with van der Waals surface area (Å²) in [6.45, 7) is 2.55. The molecule has 17 heavy (non-hydrogen) atoms. The van der Waals surface area contributed by atoms with Crippen molar-refractivity contribution in [2.24, 2.45) is 0 Å². The Labute approximate surface area is 111 Å². The van der Waals surface area contributed by atoms with Crippen LogP contribution in [-0.2, 0) is 9.84 Å². The van der Waals surface area contributed by atoms with Crippen LogP contribution in [0.15, 0.2) is 16.6 Å². The highest BCUT2D eigenvalue weighted by Crippen LogP contribution is 2.29. The van der Waals surface area contributed by atoms with Crippen LogP contribution in [0.3, 0.4) is 0 Å². The number of rotatable bonds is 5. The van der Waals surface area contributed by atoms with Crippen molar-refractivity contribution in [2.75, 3.05) is 29.6 Å². The van der Waals surface area contributed by atoms with Crippen LogP contribution in [0.25, 0.3) is 0 Å². The molecule has 1 aromatic carbocycles. The van der Waals surface area contributed by atoms with Crippen LogP contribution in [0.1, 0.15) is 12.0 Å². The van der Waals surface area contributed by atoms with E-state index < -0.39 is 9.84 Å². The van der Waals surface area contributed by atoms with Crippen LogP contribution in [-0.4, -0.2) is 27.0 Å². The van der Waals surface area contributed by atoms with E-state index in [4.69, 9.17) is 5.73 Å². The molecule has 3 N–H and O–H groups in total. The Hall–Kier alpha value is -0.750. The Morgan fingerprint density at radius 1 is 1.41 bits per heavy atom. The van der Waals surface area contributed by atoms with Crippen LogP contribution < -0.4 is 11.1 Å². The molecule has 0 spiro atoms. The van der Waals surface area contributed by atoms with E-state index in [0.717, 1.165) is 15.7 Å². The largest absolute Gasteiger partial charge is 0.397 e. The van der Waals surface area contributed by atoms with Gasteiger partial charge in [-0.2, -0.15) is 0 Å². The Bertz CT molecular complexity index is 500. The number of halogens is 1. The molecule has 0 aromatic heterocycles. The summed E-state index contributed by atoms with van der Waals surface area (Å²) in [4.78, 5) is 0. The third-order valence-electron chi connectivity index (χ3n) is 2.42. The highest BCUT2D eigenvalue weighted by Gasteiger charge is 2.06. The molecule has 0 saturated heterocycles. The maximum absolute atomic E-state index is 11.0. The fraction of sp³-hybridized carbons (Fsp3) is 0.455. The summed E-state index contributed by atoms with van der Waals surface area (Å²) < 4.78 is 22.9. The Kier molecular flexibility index (Phi) is 4.82. The van der Waals surface area contributed by atoms with Gasteiger partial charge in [0.05, 0.1) is 17.1 Å². The summed E-state index contributed by atoms with van der Waals surface area (Å²) in [6, 6.07) is 3.71. The van der Waals surface area contributed by atoms with Gasteiger partial charge in [0.2, 0.25) is 0 Å². The van der Waals surface area contributed by atoms with E-state index in [2.05, 4.69) is 21.2 Å². The number of nitrogens with one attached hydrogen (secondary N) is 1. The molecular formula is C11H17BrN2O2S. The van der Waals surface area contributed by atoms with Crippen molar-refractivity contribution >= 4 is 37.1 Å². The molecule has 0 radical (unpaired) electrons. The van der Waals surface area contributed by atoms with Gasteiger partial charge in [0.1, 0.15) is 9.84 Å². The first-order chi connectivity index (χ1) is 7.81. The first-order valence-corrected chi connectivity index (χ1v) is 8.13. The van der Waals surface area contributed by atoms with Crippen molar-refractivity contribution in [3.8, 4) is 0 Å². The maximum atomic E-state index is 11.0. The molecule has 0 saturated carbocycles. The van der Waals surface area contributed by atoms with Gasteiger partial charge in [-0.15, -0.1) is 0 Å². The lowest BCUT2D eigenvalue weighted by Crippen LogP contribution is -2.11. The first-order valence-electron chi connectivity index (χ1n) is 5.27. The molecule has 96 valence electrons. The summed E-state index contributed by atoms with van der Waals surface area (Å²) in [7, 11) is -2.89. The zero-order valence-electron chi connectivity index (χ0n) is 9.96. The lowest BCUT2D eigenvalue weighted by atomic mass is 10.1. The second kappa shape index (κ2) is 5.73. The van der Waals surface area contributed by atoms with Gasteiger partial charge in [0.25, 0.3) is 0 Å². The summed E-state index contributed by atoms with van der Waals surface area (Å²) in [5.74, 6) is 0.187. The molecule has 6 heteroatoms. The number of nitrogens with two attached hydrogens (primary N) is 1. The highest BCUT2D eigenvalue weighted by atomic mass is 79.9. The SMILES string of the molecule is Cc1c(Br)ccc(N)c1NCCCS(C)(=O)=O. The maximum Gasteiger partial charge on any atom is 0.147 e. The monoisotopic (exact) mass is 320 g/mol. The third kappa shape index (κ3) is 4.55. The minimum atomic E-state index is -2.89. The summed E-state index contributed by atoms with van der Waals surface area (Å²) >= 11 is 3.43. The van der Waals surface area contributed by atoms with E-state index in [1.807, 2.05) is 19.1 Å². The van der Waals surface area contributed by atoms with E-state index >= 15 is 0 Å². The molecule has 0 aliphatic carbocycles. The lowest BCUT2D eigenvalue weighted by molar-refractivity contribution is 0.600. The molecule has 0 fully saturated rings. The Morgan fingerprint density at radius 3 is 2.65 bits per heavy atom. The summed E-state index contributed by atoms with van der Waals surface area (Å²) in [6.07, 6.45) is 1.82. The highest BCUT2D eigenvalue weighted by molar-refractivity contribution is 9.10. The van der Waals surface area contributed by atoms with Crippen LogP contribution in [0.2, 0.25) is 0 Å². The number of benzene rings is 1. The fourth-order valence-corrected chi connectivity index (χ4v) is 2.49. The average molecular weight is 321 g/mol. The molecule has 0 aliphatic heterocycles. The van der Waals surface area contributed by atoms with Crippen molar-refractivity contribution in [3.05, 3.63) is 22.2 Å². The van der Waals surface area contributed by atoms with Crippen molar-refractivity contribution in [3.63, 3.8) is 0 Å². The summed E-state index contributed by atoms with van der Waals surface area (Å²) in [5, 5.41) is 3.18. The molecule has 1 aromatic rings. The van der Waals surface area contributed by atoms with Gasteiger partial charge in [-0.05, 0) is 31.0 Å². The van der Waals surface area contributed by atoms with Crippen molar-refractivity contribution < 1.29 is 8.42 Å². The van der Waals surface area contributed by atoms with E-state index in [-0.39, 0.29) is 5.75 Å². The first kappa shape index (κ1) is 14.3. The van der Waals surface area contributed by atoms with E-state index in [0.29, 0.717) is 18.7 Å². The third-order valence-corrected chi connectivity index (χ3v) is 4.31. The second-order valence-corrected chi connectivity index (χ2v) is 7.16. The Morgan fingerprint density at radius 2 is 2.06 bits per heavy atom. The smallest absolute Gasteiger partial charge is 0.147 e. The molecule has 4 nitrogen and oxygen atoms in total. The van der Waals surface area contributed by atoms with Gasteiger partial charge >= 0.3 is 0 Å². The van der Waals surface area contributed by atoms with E-state index in [1.54, 1.807) is 0 Å². The minimum Gasteiger partial charge on any atom is -0.397 e. The molecule has 0 unspecified atom stereocenters. The molecule has 0 bridgehead atoms. The minimum absolute atomic E-state index is 0.187. The molecule has 0 aliphatic rings. The molecule has 0 amide bonds. The van der Waals surface area contributed by atoms with E-state index in [9.17, 15) is 8.42 Å². The number of hydrogen-bond donors (Lipinski definition) is 2. The molecule has 0 atom stereocenters. The lowest BCUT2D eigenvalue weighted by Gasteiger charge is -2.13. The number of sulfone groups is 1. The van der Waals surface area contributed by atoms with Gasteiger partial charge < -0.3 is 11.1 Å². The van der Waals surface area contributed by atoms with Crippen LogP contribution in [0.4, 0.5) is 11.4 Å². The van der Waals surface area contributed by atoms with Crippen LogP contribution >= 0.6 is 15.9 Å². The van der Waals surface area contributed by atoms with Gasteiger partial charge in [-0.3, -0.25) is 0 Å². The number of anilines is 2. The normalized spacial score (nSPS) is 11.5. The number of nitrogen functional groups attached to an aromatic ring is 1. The van der Waals surface area contributed by atoms with Crippen molar-refractivity contribution in [1.82, 2.24) is 0 Å². The second-order valence-electron chi connectivity index (χ2n) is 4.05. The van der Waals surface area contributed by atoms with Gasteiger partial charge in [0.15, 0.2) is 0 Å². The molecular weight excluding hydrogens is 304 g/mol. The van der Waals surface area contributed by atoms with Gasteiger partial charge in [0, 0.05) is 17.3 Å². The van der Waals surface area contributed by atoms with Crippen LogP contribution in [0, 0.1) is 6.92 Å². The fourth-order valence-electron chi connectivity index (χ4n) is 1.49.